The number of aromatic nitrogens is 1. The summed E-state index contributed by atoms with van der Waals surface area (Å²) in [4.78, 5) is 0.267. The van der Waals surface area contributed by atoms with E-state index < -0.39 is 16.1 Å². The van der Waals surface area contributed by atoms with Crippen molar-refractivity contribution in [2.24, 2.45) is 0 Å². The van der Waals surface area contributed by atoms with E-state index in [9.17, 15) is 8.42 Å². The molecule has 1 aliphatic heterocycles. The van der Waals surface area contributed by atoms with Crippen LogP contribution in [0.2, 0.25) is 0 Å². The largest absolute Gasteiger partial charge is 0.493 e. The van der Waals surface area contributed by atoms with Gasteiger partial charge in [-0.2, -0.15) is 4.31 Å². The van der Waals surface area contributed by atoms with Gasteiger partial charge in [0.1, 0.15) is 0 Å². The summed E-state index contributed by atoms with van der Waals surface area (Å²) in [6, 6.07) is 20.0. The van der Waals surface area contributed by atoms with Crippen molar-refractivity contribution in [1.29, 1.82) is 0 Å². The molecule has 1 aromatic heterocycles. The topological polar surface area (TPSA) is 70.0 Å². The highest BCUT2D eigenvalue weighted by Crippen LogP contribution is 2.44. The third-order valence-corrected chi connectivity index (χ3v) is 8.18. The first-order valence-corrected chi connectivity index (χ1v) is 12.4. The Balaban J connectivity index is 1.68. The minimum atomic E-state index is -3.82. The molecule has 0 saturated carbocycles. The van der Waals surface area contributed by atoms with Crippen molar-refractivity contribution in [3.05, 3.63) is 84.2 Å². The summed E-state index contributed by atoms with van der Waals surface area (Å²) in [7, 11) is 0.824. The average molecular weight is 479 g/mol. The lowest BCUT2D eigenvalue weighted by Crippen LogP contribution is -2.42. The predicted molar refractivity (Wildman–Crippen MR) is 130 cm³/mol. The molecule has 0 aliphatic carbocycles. The van der Waals surface area contributed by atoms with Crippen LogP contribution in [0.4, 0.5) is 0 Å². The Labute approximate surface area is 199 Å². The molecule has 0 N–H and O–H groups in total. The first-order chi connectivity index (χ1) is 16.5. The zero-order chi connectivity index (χ0) is 23.9. The average Bonchev–Trinajstić information content (AvgIpc) is 3.35. The van der Waals surface area contributed by atoms with Crippen LogP contribution in [0.3, 0.4) is 0 Å². The van der Waals surface area contributed by atoms with E-state index in [-0.39, 0.29) is 4.90 Å². The van der Waals surface area contributed by atoms with Crippen LogP contribution in [0.15, 0.2) is 77.8 Å². The number of nitrogens with zero attached hydrogens (tertiary/aromatic N) is 2. The lowest BCUT2D eigenvalue weighted by molar-refractivity contribution is 0.293. The molecule has 0 bridgehead atoms. The highest BCUT2D eigenvalue weighted by Gasteiger charge is 2.38. The first-order valence-electron chi connectivity index (χ1n) is 10.9. The van der Waals surface area contributed by atoms with E-state index in [4.69, 9.17) is 14.2 Å². The van der Waals surface area contributed by atoms with Crippen molar-refractivity contribution in [2.75, 3.05) is 27.9 Å². The first kappa shape index (κ1) is 22.3. The van der Waals surface area contributed by atoms with Gasteiger partial charge in [0, 0.05) is 25.0 Å². The summed E-state index contributed by atoms with van der Waals surface area (Å²) < 4.78 is 48.2. The normalized spacial score (nSPS) is 16.3. The molecule has 0 radical (unpaired) electrons. The number of benzene rings is 3. The van der Waals surface area contributed by atoms with E-state index in [2.05, 4.69) is 4.57 Å². The van der Waals surface area contributed by atoms with E-state index in [0.717, 1.165) is 22.0 Å². The third kappa shape index (κ3) is 3.59. The third-order valence-electron chi connectivity index (χ3n) is 6.32. The number of hydrogen-bond acceptors (Lipinski definition) is 5. The second-order valence-corrected chi connectivity index (χ2v) is 10.0. The monoisotopic (exact) mass is 478 g/mol. The van der Waals surface area contributed by atoms with Crippen LogP contribution >= 0.6 is 0 Å². The van der Waals surface area contributed by atoms with Gasteiger partial charge in [-0.25, -0.2) is 8.42 Å². The van der Waals surface area contributed by atoms with Crippen LogP contribution < -0.4 is 14.2 Å². The molecule has 1 aliphatic rings. The quantitative estimate of drug-likeness (QED) is 0.409. The van der Waals surface area contributed by atoms with Gasteiger partial charge in [0.05, 0.1) is 32.3 Å². The molecule has 7 nitrogen and oxygen atoms in total. The second kappa shape index (κ2) is 8.70. The zero-order valence-corrected chi connectivity index (χ0v) is 20.1. The highest BCUT2D eigenvalue weighted by atomic mass is 32.2. The van der Waals surface area contributed by atoms with Gasteiger partial charge in [-0.3, -0.25) is 0 Å². The summed E-state index contributed by atoms with van der Waals surface area (Å²) in [6.07, 6.45) is 1.97. The van der Waals surface area contributed by atoms with Crippen molar-refractivity contribution >= 4 is 20.8 Å². The Morgan fingerprint density at radius 1 is 0.794 bits per heavy atom. The summed E-state index contributed by atoms with van der Waals surface area (Å²) in [5.41, 5.74) is 1.61. The van der Waals surface area contributed by atoms with Gasteiger partial charge in [-0.1, -0.05) is 30.3 Å². The zero-order valence-electron chi connectivity index (χ0n) is 19.3. The fourth-order valence-electron chi connectivity index (χ4n) is 4.68. The smallest absolute Gasteiger partial charge is 0.244 e. The predicted octanol–water partition coefficient (Wildman–Crippen LogP) is 4.46. The molecule has 8 heteroatoms. The number of sulfonamides is 1. The molecule has 0 amide bonds. The van der Waals surface area contributed by atoms with Crippen LogP contribution in [0.5, 0.6) is 17.2 Å². The number of fused-ring (bicyclic) bond motifs is 2. The molecular formula is C26H26N2O5S. The van der Waals surface area contributed by atoms with E-state index in [1.165, 1.54) is 0 Å². The molecular weight excluding hydrogens is 452 g/mol. The lowest BCUT2D eigenvalue weighted by Gasteiger charge is -2.36. The second-order valence-electron chi connectivity index (χ2n) is 8.11. The minimum Gasteiger partial charge on any atom is -0.493 e. The van der Waals surface area contributed by atoms with Gasteiger partial charge in [0.15, 0.2) is 11.5 Å². The van der Waals surface area contributed by atoms with Crippen LogP contribution in [0, 0.1) is 0 Å². The van der Waals surface area contributed by atoms with Gasteiger partial charge in [0.25, 0.3) is 0 Å². The van der Waals surface area contributed by atoms with Crippen molar-refractivity contribution in [3.63, 3.8) is 0 Å². The Morgan fingerprint density at radius 3 is 2.18 bits per heavy atom. The van der Waals surface area contributed by atoms with Crippen molar-refractivity contribution < 1.29 is 22.6 Å². The number of rotatable bonds is 6. The highest BCUT2D eigenvalue weighted by molar-refractivity contribution is 7.89. The van der Waals surface area contributed by atoms with Crippen LogP contribution in [0.1, 0.15) is 17.3 Å². The van der Waals surface area contributed by atoms with Crippen LogP contribution in [0.25, 0.3) is 10.8 Å². The number of methoxy groups -OCH3 is 3. The molecule has 176 valence electrons. The van der Waals surface area contributed by atoms with E-state index in [1.807, 2.05) is 60.8 Å². The van der Waals surface area contributed by atoms with Crippen molar-refractivity contribution in [1.82, 2.24) is 8.87 Å². The SMILES string of the molecule is COc1cc([C@H]2c3cccn3CCN2S(=O)(=O)c2ccc3ccccc3c2)cc(OC)c1OC. The lowest BCUT2D eigenvalue weighted by atomic mass is 10.0. The summed E-state index contributed by atoms with van der Waals surface area (Å²) in [5, 5.41) is 1.88. The molecule has 3 aromatic carbocycles. The van der Waals surface area contributed by atoms with Crippen LogP contribution in [-0.4, -0.2) is 45.2 Å². The number of hydrogen-bond donors (Lipinski definition) is 0. The van der Waals surface area contributed by atoms with E-state index in [0.29, 0.717) is 30.3 Å². The minimum absolute atomic E-state index is 0.267. The fraction of sp³-hybridized carbons (Fsp3) is 0.231. The Bertz CT molecular complexity index is 1440. The molecule has 2 heterocycles. The van der Waals surface area contributed by atoms with Gasteiger partial charge in [0.2, 0.25) is 15.8 Å². The van der Waals surface area contributed by atoms with Gasteiger partial charge in [-0.05, 0) is 52.7 Å². The fourth-order valence-corrected chi connectivity index (χ4v) is 6.30. The molecule has 0 unspecified atom stereocenters. The maximum Gasteiger partial charge on any atom is 0.244 e. The van der Waals surface area contributed by atoms with Gasteiger partial charge < -0.3 is 18.8 Å². The maximum absolute atomic E-state index is 14.0. The van der Waals surface area contributed by atoms with Crippen LogP contribution in [-0.2, 0) is 16.6 Å². The van der Waals surface area contributed by atoms with E-state index >= 15 is 0 Å². The Morgan fingerprint density at radius 2 is 1.50 bits per heavy atom. The summed E-state index contributed by atoms with van der Waals surface area (Å²) in [6.45, 7) is 0.897. The molecule has 0 spiro atoms. The molecule has 0 fully saturated rings. The number of ether oxygens (including phenoxy) is 3. The standard InChI is InChI=1S/C26H26N2O5S/c1-31-23-16-20(17-24(32-2)26(23)33-3)25-22-9-6-12-27(22)13-14-28(25)34(29,30)21-11-10-18-7-4-5-8-19(18)15-21/h4-12,15-17,25H,13-14H2,1-3H3/t25-/m0/s1. The van der Waals surface area contributed by atoms with Gasteiger partial charge >= 0.3 is 0 Å². The maximum atomic E-state index is 14.0. The summed E-state index contributed by atoms with van der Waals surface area (Å²) >= 11 is 0. The van der Waals surface area contributed by atoms with E-state index in [1.54, 1.807) is 37.8 Å². The molecule has 4 aromatic rings. The molecule has 34 heavy (non-hydrogen) atoms. The van der Waals surface area contributed by atoms with Gasteiger partial charge in [-0.15, -0.1) is 0 Å². The molecule has 5 rings (SSSR count). The van der Waals surface area contributed by atoms with Crippen molar-refractivity contribution in [2.45, 2.75) is 17.5 Å². The Kier molecular flexibility index (Phi) is 5.71. The Hall–Kier alpha value is -3.49. The van der Waals surface area contributed by atoms with Crippen molar-refractivity contribution in [3.8, 4) is 17.2 Å². The summed E-state index contributed by atoms with van der Waals surface area (Å²) in [5.74, 6) is 1.41. The molecule has 0 saturated heterocycles. The molecule has 1 atom stereocenters.